The summed E-state index contributed by atoms with van der Waals surface area (Å²) in [5.74, 6) is 0.0579. The third-order valence-electron chi connectivity index (χ3n) is 3.13. The molecule has 2 aromatic heterocycles. The van der Waals surface area contributed by atoms with Gasteiger partial charge in [-0.1, -0.05) is 0 Å². The first kappa shape index (κ1) is 14.0. The number of aromatic nitrogens is 4. The number of nitrogens with one attached hydrogen (secondary N) is 1. The summed E-state index contributed by atoms with van der Waals surface area (Å²) in [5, 5.41) is 7.51. The van der Waals surface area contributed by atoms with E-state index < -0.39 is 5.97 Å². The van der Waals surface area contributed by atoms with Gasteiger partial charge in [0, 0.05) is 31.0 Å². The van der Waals surface area contributed by atoms with E-state index in [4.69, 9.17) is 0 Å². The van der Waals surface area contributed by atoms with Gasteiger partial charge in [0.2, 0.25) is 5.82 Å². The highest BCUT2D eigenvalue weighted by molar-refractivity contribution is 5.85. The Bertz CT molecular complexity index is 636. The largest absolute Gasteiger partial charge is 0.463 e. The van der Waals surface area contributed by atoms with Gasteiger partial charge in [-0.15, -0.1) is 0 Å². The highest BCUT2D eigenvalue weighted by atomic mass is 16.5. The van der Waals surface area contributed by atoms with Crippen molar-refractivity contribution in [1.29, 1.82) is 0 Å². The van der Waals surface area contributed by atoms with Gasteiger partial charge in [-0.25, -0.2) is 14.8 Å². The highest BCUT2D eigenvalue weighted by Crippen LogP contribution is 2.14. The van der Waals surface area contributed by atoms with E-state index in [2.05, 4.69) is 25.1 Å². The van der Waals surface area contributed by atoms with Gasteiger partial charge < -0.3 is 10.1 Å². The number of anilines is 1. The topological polar surface area (TPSA) is 81.9 Å². The minimum Gasteiger partial charge on any atom is -0.463 e. The fraction of sp³-hybridized carbons (Fsp3) is 0.385. The van der Waals surface area contributed by atoms with Gasteiger partial charge in [-0.3, -0.25) is 4.68 Å². The first-order chi connectivity index (χ1) is 9.52. The summed E-state index contributed by atoms with van der Waals surface area (Å²) >= 11 is 0. The third-order valence-corrected chi connectivity index (χ3v) is 3.13. The third kappa shape index (κ3) is 2.76. The molecular weight excluding hydrogens is 258 g/mol. The Morgan fingerprint density at radius 2 is 2.20 bits per heavy atom. The molecule has 20 heavy (non-hydrogen) atoms. The molecule has 0 aliphatic carbocycles. The predicted molar refractivity (Wildman–Crippen MR) is 73.4 cm³/mol. The van der Waals surface area contributed by atoms with Gasteiger partial charge in [-0.05, 0) is 19.9 Å². The molecule has 2 aromatic rings. The van der Waals surface area contributed by atoms with Crippen molar-refractivity contribution in [3.05, 3.63) is 35.0 Å². The Kier molecular flexibility index (Phi) is 3.97. The first-order valence-corrected chi connectivity index (χ1v) is 6.17. The zero-order valence-corrected chi connectivity index (χ0v) is 12.0. The van der Waals surface area contributed by atoms with Crippen molar-refractivity contribution in [1.82, 2.24) is 19.7 Å². The van der Waals surface area contributed by atoms with Crippen molar-refractivity contribution in [2.24, 2.45) is 7.05 Å². The fourth-order valence-corrected chi connectivity index (χ4v) is 1.90. The van der Waals surface area contributed by atoms with Gasteiger partial charge in [-0.2, -0.15) is 5.10 Å². The standard InChI is InChI=1S/C13H17N5O2/c1-8-10(9(2)18(3)17-8)7-15-11-5-6-14-12(16-11)13(19)20-4/h5-6H,7H2,1-4H3,(H,14,15,16). The number of hydrogen-bond donors (Lipinski definition) is 1. The van der Waals surface area contributed by atoms with E-state index in [0.717, 1.165) is 17.0 Å². The first-order valence-electron chi connectivity index (χ1n) is 6.17. The summed E-state index contributed by atoms with van der Waals surface area (Å²) in [6.45, 7) is 4.56. The van der Waals surface area contributed by atoms with Crippen LogP contribution < -0.4 is 5.32 Å². The van der Waals surface area contributed by atoms with Crippen LogP contribution >= 0.6 is 0 Å². The molecule has 2 rings (SSSR count). The quantitative estimate of drug-likeness (QED) is 0.845. The number of aryl methyl sites for hydroxylation is 2. The van der Waals surface area contributed by atoms with Crippen molar-refractivity contribution in [2.45, 2.75) is 20.4 Å². The smallest absolute Gasteiger partial charge is 0.376 e. The van der Waals surface area contributed by atoms with Gasteiger partial charge in [0.1, 0.15) is 5.82 Å². The van der Waals surface area contributed by atoms with Crippen LogP contribution in [-0.4, -0.2) is 32.8 Å². The van der Waals surface area contributed by atoms with E-state index in [1.807, 2.05) is 25.6 Å². The molecule has 0 amide bonds. The van der Waals surface area contributed by atoms with E-state index >= 15 is 0 Å². The normalized spacial score (nSPS) is 10.4. The van der Waals surface area contributed by atoms with Crippen LogP contribution in [0.4, 0.5) is 5.82 Å². The number of carbonyl (C=O) groups is 1. The fourth-order valence-electron chi connectivity index (χ4n) is 1.90. The lowest BCUT2D eigenvalue weighted by molar-refractivity contribution is 0.0587. The molecule has 0 unspecified atom stereocenters. The van der Waals surface area contributed by atoms with E-state index in [0.29, 0.717) is 12.4 Å². The maximum atomic E-state index is 11.4. The number of hydrogen-bond acceptors (Lipinski definition) is 6. The molecule has 0 radical (unpaired) electrons. The number of rotatable bonds is 4. The molecule has 0 aromatic carbocycles. The molecule has 2 heterocycles. The monoisotopic (exact) mass is 275 g/mol. The van der Waals surface area contributed by atoms with Crippen LogP contribution in [0.5, 0.6) is 0 Å². The van der Waals surface area contributed by atoms with Crippen LogP contribution in [0.2, 0.25) is 0 Å². The molecule has 0 spiro atoms. The summed E-state index contributed by atoms with van der Waals surface area (Å²) in [5.41, 5.74) is 3.18. The molecule has 1 N–H and O–H groups in total. The maximum Gasteiger partial charge on any atom is 0.376 e. The molecule has 0 saturated heterocycles. The Labute approximate surface area is 117 Å². The van der Waals surface area contributed by atoms with Crippen LogP contribution in [0.3, 0.4) is 0 Å². The van der Waals surface area contributed by atoms with E-state index in [1.165, 1.54) is 13.3 Å². The van der Waals surface area contributed by atoms with E-state index in [9.17, 15) is 4.79 Å². The second-order valence-corrected chi connectivity index (χ2v) is 4.38. The number of esters is 1. The number of carbonyl (C=O) groups excluding carboxylic acids is 1. The van der Waals surface area contributed by atoms with Crippen LogP contribution in [0.15, 0.2) is 12.3 Å². The Morgan fingerprint density at radius 1 is 1.45 bits per heavy atom. The highest BCUT2D eigenvalue weighted by Gasteiger charge is 2.11. The van der Waals surface area contributed by atoms with Crippen molar-refractivity contribution >= 4 is 11.8 Å². The van der Waals surface area contributed by atoms with E-state index in [1.54, 1.807) is 6.07 Å². The Balaban J connectivity index is 2.13. The van der Waals surface area contributed by atoms with Crippen molar-refractivity contribution < 1.29 is 9.53 Å². The summed E-state index contributed by atoms with van der Waals surface area (Å²) in [6.07, 6.45) is 1.52. The molecule has 0 saturated carbocycles. The maximum absolute atomic E-state index is 11.4. The molecule has 0 bridgehead atoms. The molecule has 106 valence electrons. The molecule has 0 atom stereocenters. The SMILES string of the molecule is COC(=O)c1nccc(NCc2c(C)nn(C)c2C)n1. The van der Waals surface area contributed by atoms with Crippen molar-refractivity contribution in [3.63, 3.8) is 0 Å². The molecular formula is C13H17N5O2. The van der Waals surface area contributed by atoms with Crippen LogP contribution in [0.25, 0.3) is 0 Å². The zero-order chi connectivity index (χ0) is 14.7. The van der Waals surface area contributed by atoms with Crippen molar-refractivity contribution in [2.75, 3.05) is 12.4 Å². The van der Waals surface area contributed by atoms with Gasteiger partial charge >= 0.3 is 5.97 Å². The van der Waals surface area contributed by atoms with Crippen LogP contribution in [0, 0.1) is 13.8 Å². The van der Waals surface area contributed by atoms with Gasteiger partial charge in [0.05, 0.1) is 12.8 Å². The van der Waals surface area contributed by atoms with Crippen molar-refractivity contribution in [3.8, 4) is 0 Å². The van der Waals surface area contributed by atoms with Crippen LogP contribution in [-0.2, 0) is 18.3 Å². The van der Waals surface area contributed by atoms with E-state index in [-0.39, 0.29) is 5.82 Å². The minimum absolute atomic E-state index is 0.0390. The second kappa shape index (κ2) is 5.68. The molecule has 7 heteroatoms. The Hall–Kier alpha value is -2.44. The molecule has 0 fully saturated rings. The summed E-state index contributed by atoms with van der Waals surface area (Å²) < 4.78 is 6.43. The van der Waals surface area contributed by atoms with Crippen LogP contribution in [0.1, 0.15) is 27.6 Å². The average Bonchev–Trinajstić information content (AvgIpc) is 2.69. The van der Waals surface area contributed by atoms with Gasteiger partial charge in [0.15, 0.2) is 0 Å². The lowest BCUT2D eigenvalue weighted by Crippen LogP contribution is -2.10. The summed E-state index contributed by atoms with van der Waals surface area (Å²) in [7, 11) is 3.21. The lowest BCUT2D eigenvalue weighted by atomic mass is 10.2. The molecule has 7 nitrogen and oxygen atoms in total. The lowest BCUT2D eigenvalue weighted by Gasteiger charge is -2.07. The number of nitrogens with zero attached hydrogens (tertiary/aromatic N) is 4. The predicted octanol–water partition coefficient (Wildman–Crippen LogP) is 1.23. The minimum atomic E-state index is -0.553. The Morgan fingerprint density at radius 3 is 2.80 bits per heavy atom. The molecule has 0 aliphatic rings. The average molecular weight is 275 g/mol. The van der Waals surface area contributed by atoms with Gasteiger partial charge in [0.25, 0.3) is 0 Å². The summed E-state index contributed by atoms with van der Waals surface area (Å²) in [6, 6.07) is 1.70. The zero-order valence-electron chi connectivity index (χ0n) is 12.0. The molecule has 0 aliphatic heterocycles. The summed E-state index contributed by atoms with van der Waals surface area (Å²) in [4.78, 5) is 19.3. The number of ether oxygens (including phenoxy) is 1. The number of methoxy groups -OCH3 is 1. The second-order valence-electron chi connectivity index (χ2n) is 4.38.